The molecule has 0 unspecified atom stereocenters. The van der Waals surface area contributed by atoms with Crippen molar-refractivity contribution >= 4 is 17.5 Å². The van der Waals surface area contributed by atoms with Gasteiger partial charge in [-0.3, -0.25) is 9.59 Å². The first kappa shape index (κ1) is 16.0. The van der Waals surface area contributed by atoms with Crippen LogP contribution in [-0.4, -0.2) is 23.4 Å². The predicted molar refractivity (Wildman–Crippen MR) is 89.4 cm³/mol. The summed E-state index contributed by atoms with van der Waals surface area (Å²) in [7, 11) is 0. The average Bonchev–Trinajstić information content (AvgIpc) is 3.45. The zero-order valence-electron chi connectivity index (χ0n) is 13.2. The Hall–Kier alpha value is -2.89. The number of nitrogens with zero attached hydrogens (tertiary/aromatic N) is 1. The van der Waals surface area contributed by atoms with Crippen molar-refractivity contribution in [2.75, 3.05) is 11.9 Å². The molecule has 1 aliphatic carbocycles. The monoisotopic (exact) mass is 325 g/mol. The van der Waals surface area contributed by atoms with Crippen molar-refractivity contribution in [3.63, 3.8) is 0 Å². The quantitative estimate of drug-likeness (QED) is 0.817. The Labute approximate surface area is 140 Å². The molecule has 0 atom stereocenters. The molecule has 2 aromatic rings. The van der Waals surface area contributed by atoms with Crippen LogP contribution in [0.2, 0.25) is 0 Å². The molecule has 6 nitrogen and oxygen atoms in total. The molecule has 1 heterocycles. The summed E-state index contributed by atoms with van der Waals surface area (Å²) in [6.07, 6.45) is 3.44. The number of hydrogen-bond acceptors (Lipinski definition) is 4. The Morgan fingerprint density at radius 3 is 2.58 bits per heavy atom. The molecule has 6 heteroatoms. The van der Waals surface area contributed by atoms with Crippen LogP contribution in [0.5, 0.6) is 5.88 Å². The summed E-state index contributed by atoms with van der Waals surface area (Å²) >= 11 is 0. The number of hydrogen-bond donors (Lipinski definition) is 2. The molecule has 24 heavy (non-hydrogen) atoms. The summed E-state index contributed by atoms with van der Waals surface area (Å²) in [6, 6.07) is 13.0. The lowest BCUT2D eigenvalue weighted by molar-refractivity contribution is -0.123. The first-order valence-electron chi connectivity index (χ1n) is 7.91. The van der Waals surface area contributed by atoms with E-state index in [9.17, 15) is 9.59 Å². The molecule has 1 aliphatic rings. The van der Waals surface area contributed by atoms with Crippen molar-refractivity contribution in [3.05, 3.63) is 54.2 Å². The molecule has 1 fully saturated rings. The van der Waals surface area contributed by atoms with Crippen LogP contribution in [0.1, 0.15) is 18.4 Å². The lowest BCUT2D eigenvalue weighted by atomic mass is 10.2. The third-order valence-corrected chi connectivity index (χ3v) is 3.64. The van der Waals surface area contributed by atoms with Gasteiger partial charge in [0.15, 0.2) is 6.61 Å². The number of anilines is 1. The minimum absolute atomic E-state index is 0.0331. The normalized spacial score (nSPS) is 13.2. The van der Waals surface area contributed by atoms with E-state index >= 15 is 0 Å². The minimum atomic E-state index is -0.216. The number of carbonyl (C=O) groups is 2. The van der Waals surface area contributed by atoms with Crippen molar-refractivity contribution in [2.24, 2.45) is 5.92 Å². The smallest absolute Gasteiger partial charge is 0.258 e. The number of benzene rings is 1. The van der Waals surface area contributed by atoms with E-state index in [-0.39, 0.29) is 24.3 Å². The van der Waals surface area contributed by atoms with E-state index in [4.69, 9.17) is 4.74 Å². The highest BCUT2D eigenvalue weighted by molar-refractivity contribution is 5.93. The maximum absolute atomic E-state index is 11.8. The zero-order chi connectivity index (χ0) is 16.8. The Balaban J connectivity index is 1.40. The third kappa shape index (κ3) is 4.81. The van der Waals surface area contributed by atoms with Gasteiger partial charge in [0.2, 0.25) is 11.8 Å². The molecular weight excluding hydrogens is 306 g/mol. The SMILES string of the molecule is O=C(COc1ccc(NC(=O)C2CC2)cn1)NCc1ccccc1. The standard InChI is InChI=1S/C18H19N3O3/c22-16(19-10-13-4-2-1-3-5-13)12-24-17-9-8-15(11-20-17)21-18(23)14-6-7-14/h1-5,8-9,11,14H,6-7,10,12H2,(H,19,22)(H,21,23). The largest absolute Gasteiger partial charge is 0.468 e. The van der Waals surface area contributed by atoms with Crippen LogP contribution in [0, 0.1) is 5.92 Å². The maximum Gasteiger partial charge on any atom is 0.258 e. The molecule has 0 aliphatic heterocycles. The highest BCUT2D eigenvalue weighted by atomic mass is 16.5. The van der Waals surface area contributed by atoms with E-state index in [2.05, 4.69) is 15.6 Å². The topological polar surface area (TPSA) is 80.3 Å². The molecule has 1 saturated carbocycles. The second kappa shape index (κ2) is 7.59. The molecule has 0 bridgehead atoms. The van der Waals surface area contributed by atoms with Gasteiger partial charge in [-0.25, -0.2) is 4.98 Å². The van der Waals surface area contributed by atoms with Gasteiger partial charge in [-0.05, 0) is 24.5 Å². The van der Waals surface area contributed by atoms with Crippen LogP contribution < -0.4 is 15.4 Å². The average molecular weight is 325 g/mol. The lowest BCUT2D eigenvalue weighted by Crippen LogP contribution is -2.28. The first-order valence-corrected chi connectivity index (χ1v) is 7.91. The molecule has 0 radical (unpaired) electrons. The van der Waals surface area contributed by atoms with Crippen LogP contribution >= 0.6 is 0 Å². The van der Waals surface area contributed by atoms with E-state index in [0.29, 0.717) is 18.1 Å². The van der Waals surface area contributed by atoms with Gasteiger partial charge in [-0.1, -0.05) is 30.3 Å². The van der Waals surface area contributed by atoms with Crippen molar-refractivity contribution in [3.8, 4) is 5.88 Å². The Bertz CT molecular complexity index is 697. The van der Waals surface area contributed by atoms with E-state index in [1.165, 1.54) is 6.20 Å². The van der Waals surface area contributed by atoms with Crippen LogP contribution in [-0.2, 0) is 16.1 Å². The number of aromatic nitrogens is 1. The van der Waals surface area contributed by atoms with Crippen LogP contribution in [0.15, 0.2) is 48.7 Å². The minimum Gasteiger partial charge on any atom is -0.468 e. The molecule has 2 amide bonds. The van der Waals surface area contributed by atoms with Gasteiger partial charge in [-0.2, -0.15) is 0 Å². The van der Waals surface area contributed by atoms with E-state index in [0.717, 1.165) is 18.4 Å². The third-order valence-electron chi connectivity index (χ3n) is 3.64. The summed E-state index contributed by atoms with van der Waals surface area (Å²) in [4.78, 5) is 27.5. The molecule has 124 valence electrons. The summed E-state index contributed by atoms with van der Waals surface area (Å²) in [5.41, 5.74) is 1.66. The van der Waals surface area contributed by atoms with Crippen molar-refractivity contribution < 1.29 is 14.3 Å². The number of ether oxygens (including phenoxy) is 1. The van der Waals surface area contributed by atoms with Gasteiger partial charge in [-0.15, -0.1) is 0 Å². The molecule has 0 saturated heterocycles. The van der Waals surface area contributed by atoms with Crippen LogP contribution in [0.25, 0.3) is 0 Å². The number of pyridine rings is 1. The van der Waals surface area contributed by atoms with Crippen molar-refractivity contribution in [1.29, 1.82) is 0 Å². The maximum atomic E-state index is 11.8. The van der Waals surface area contributed by atoms with Crippen molar-refractivity contribution in [1.82, 2.24) is 10.3 Å². The van der Waals surface area contributed by atoms with E-state index in [1.807, 2.05) is 30.3 Å². The Morgan fingerprint density at radius 1 is 1.12 bits per heavy atom. The van der Waals surface area contributed by atoms with Crippen LogP contribution in [0.3, 0.4) is 0 Å². The van der Waals surface area contributed by atoms with Gasteiger partial charge in [0.25, 0.3) is 5.91 Å². The van der Waals surface area contributed by atoms with Gasteiger partial charge < -0.3 is 15.4 Å². The second-order valence-electron chi connectivity index (χ2n) is 5.70. The fourth-order valence-electron chi connectivity index (χ4n) is 2.12. The van der Waals surface area contributed by atoms with Gasteiger partial charge in [0, 0.05) is 18.5 Å². The predicted octanol–water partition coefficient (Wildman–Crippen LogP) is 2.13. The van der Waals surface area contributed by atoms with E-state index < -0.39 is 0 Å². The first-order chi connectivity index (χ1) is 11.7. The molecular formula is C18H19N3O3. The summed E-state index contributed by atoms with van der Waals surface area (Å²) < 4.78 is 5.34. The number of amides is 2. The number of nitrogens with one attached hydrogen (secondary N) is 2. The van der Waals surface area contributed by atoms with Gasteiger partial charge in [0.1, 0.15) is 0 Å². The molecule has 3 rings (SSSR count). The van der Waals surface area contributed by atoms with E-state index in [1.54, 1.807) is 12.1 Å². The fourth-order valence-corrected chi connectivity index (χ4v) is 2.12. The fraction of sp³-hybridized carbons (Fsp3) is 0.278. The number of carbonyl (C=O) groups excluding carboxylic acids is 2. The molecule has 0 spiro atoms. The zero-order valence-corrected chi connectivity index (χ0v) is 13.2. The summed E-state index contributed by atoms with van der Waals surface area (Å²) in [6.45, 7) is 0.357. The molecule has 1 aromatic heterocycles. The second-order valence-corrected chi connectivity index (χ2v) is 5.70. The number of rotatable bonds is 7. The van der Waals surface area contributed by atoms with Gasteiger partial charge >= 0.3 is 0 Å². The van der Waals surface area contributed by atoms with Gasteiger partial charge in [0.05, 0.1) is 11.9 Å². The van der Waals surface area contributed by atoms with Crippen molar-refractivity contribution in [2.45, 2.75) is 19.4 Å². The summed E-state index contributed by atoms with van der Waals surface area (Å²) in [5, 5.41) is 5.58. The lowest BCUT2D eigenvalue weighted by Gasteiger charge is -2.08. The summed E-state index contributed by atoms with van der Waals surface area (Å²) in [5.74, 6) is 0.307. The highest BCUT2D eigenvalue weighted by Crippen LogP contribution is 2.30. The van der Waals surface area contributed by atoms with Crippen LogP contribution in [0.4, 0.5) is 5.69 Å². The Morgan fingerprint density at radius 2 is 1.92 bits per heavy atom. The molecule has 2 N–H and O–H groups in total. The molecule has 1 aromatic carbocycles. The highest BCUT2D eigenvalue weighted by Gasteiger charge is 2.29. The Kier molecular flexibility index (Phi) is 5.05.